The Kier molecular flexibility index (Phi) is 5.62. The number of phenolic OH excluding ortho intramolecular Hbond substituents is 4. The van der Waals surface area contributed by atoms with Crippen LogP contribution in [0.25, 0.3) is 6.08 Å². The third-order valence-electron chi connectivity index (χ3n) is 3.35. The second-order valence-corrected chi connectivity index (χ2v) is 5.16. The summed E-state index contributed by atoms with van der Waals surface area (Å²) < 4.78 is 5.19. The molecule has 0 aliphatic heterocycles. The van der Waals surface area contributed by atoms with Crippen molar-refractivity contribution in [3.05, 3.63) is 53.6 Å². The number of aromatic hydroxyl groups is 4. The highest BCUT2D eigenvalue weighted by atomic mass is 16.5. The summed E-state index contributed by atoms with van der Waals surface area (Å²) in [4.78, 5) is 22.7. The van der Waals surface area contributed by atoms with E-state index in [1.807, 2.05) is 0 Å². The Bertz CT molecular complexity index is 811. The van der Waals surface area contributed by atoms with Gasteiger partial charge in [-0.25, -0.2) is 4.79 Å². The number of hydrogen-bond donors (Lipinski definition) is 4. The van der Waals surface area contributed by atoms with Crippen LogP contribution >= 0.6 is 0 Å². The van der Waals surface area contributed by atoms with Crippen LogP contribution < -0.4 is 0 Å². The van der Waals surface area contributed by atoms with E-state index < -0.39 is 12.1 Å². The first kappa shape index (κ1) is 17.9. The summed E-state index contributed by atoms with van der Waals surface area (Å²) in [6.07, 6.45) is 2.00. The lowest BCUT2D eigenvalue weighted by molar-refractivity contribution is -0.144. The van der Waals surface area contributed by atoms with Crippen molar-refractivity contribution in [2.24, 2.45) is 0 Å². The monoisotopic (exact) mass is 344 g/mol. The van der Waals surface area contributed by atoms with Gasteiger partial charge in [-0.05, 0) is 41.5 Å². The minimum absolute atomic E-state index is 0.121. The van der Waals surface area contributed by atoms with Crippen molar-refractivity contribution in [3.63, 3.8) is 0 Å². The van der Waals surface area contributed by atoms with Crippen LogP contribution in [0.1, 0.15) is 23.7 Å². The van der Waals surface area contributed by atoms with Crippen molar-refractivity contribution in [1.29, 1.82) is 0 Å². The second kappa shape index (κ2) is 7.87. The molecule has 7 nitrogen and oxygen atoms in total. The van der Waals surface area contributed by atoms with Crippen molar-refractivity contribution in [2.75, 3.05) is 0 Å². The van der Waals surface area contributed by atoms with Crippen molar-refractivity contribution in [1.82, 2.24) is 0 Å². The van der Waals surface area contributed by atoms with Gasteiger partial charge in [0, 0.05) is 12.5 Å². The first-order valence-electron chi connectivity index (χ1n) is 7.27. The highest BCUT2D eigenvalue weighted by Gasteiger charge is 2.17. The van der Waals surface area contributed by atoms with Gasteiger partial charge < -0.3 is 30.0 Å². The molecular weight excluding hydrogens is 328 g/mol. The number of esters is 1. The van der Waals surface area contributed by atoms with Crippen LogP contribution in [0.15, 0.2) is 42.5 Å². The molecule has 0 radical (unpaired) electrons. The van der Waals surface area contributed by atoms with E-state index in [1.165, 1.54) is 42.5 Å². The van der Waals surface area contributed by atoms with Crippen LogP contribution in [-0.4, -0.2) is 32.7 Å². The van der Waals surface area contributed by atoms with Gasteiger partial charge in [-0.2, -0.15) is 0 Å². The number of phenols is 4. The van der Waals surface area contributed by atoms with Gasteiger partial charge in [0.2, 0.25) is 0 Å². The lowest BCUT2D eigenvalue weighted by Crippen LogP contribution is -2.10. The molecular formula is C18H16O7. The largest absolute Gasteiger partial charge is 0.504 e. The SMILES string of the molecule is O=CCC(OC(=O)/C=C/c1ccc(O)c(O)c1)c1ccc(O)c(O)c1. The summed E-state index contributed by atoms with van der Waals surface area (Å²) in [7, 11) is 0. The molecule has 0 saturated heterocycles. The average molecular weight is 344 g/mol. The zero-order chi connectivity index (χ0) is 18.4. The average Bonchev–Trinajstić information content (AvgIpc) is 2.58. The van der Waals surface area contributed by atoms with Crippen LogP contribution in [-0.2, 0) is 14.3 Å². The fourth-order valence-electron chi connectivity index (χ4n) is 2.07. The molecule has 0 spiro atoms. The molecule has 0 aliphatic carbocycles. The highest BCUT2D eigenvalue weighted by molar-refractivity contribution is 5.87. The molecule has 0 fully saturated rings. The van der Waals surface area contributed by atoms with Gasteiger partial charge >= 0.3 is 5.97 Å². The molecule has 2 aromatic carbocycles. The summed E-state index contributed by atoms with van der Waals surface area (Å²) in [5, 5.41) is 37.5. The van der Waals surface area contributed by atoms with Gasteiger partial charge in [0.05, 0.1) is 0 Å². The van der Waals surface area contributed by atoms with Crippen molar-refractivity contribution < 1.29 is 34.8 Å². The van der Waals surface area contributed by atoms with E-state index in [4.69, 9.17) is 4.74 Å². The highest BCUT2D eigenvalue weighted by Crippen LogP contribution is 2.30. The normalized spacial score (nSPS) is 12.0. The van der Waals surface area contributed by atoms with E-state index in [1.54, 1.807) is 0 Å². The minimum Gasteiger partial charge on any atom is -0.504 e. The first-order valence-corrected chi connectivity index (χ1v) is 7.27. The summed E-state index contributed by atoms with van der Waals surface area (Å²) in [6, 6.07) is 7.89. The molecule has 0 amide bonds. The number of aldehydes is 1. The molecule has 2 rings (SSSR count). The minimum atomic E-state index is -0.922. The number of benzene rings is 2. The molecule has 130 valence electrons. The van der Waals surface area contributed by atoms with Crippen LogP contribution in [0.3, 0.4) is 0 Å². The van der Waals surface area contributed by atoms with Crippen molar-refractivity contribution >= 4 is 18.3 Å². The molecule has 0 saturated carbocycles. The third kappa shape index (κ3) is 4.74. The lowest BCUT2D eigenvalue weighted by Gasteiger charge is -2.15. The Morgan fingerprint density at radius 3 is 2.20 bits per heavy atom. The predicted molar refractivity (Wildman–Crippen MR) is 88.1 cm³/mol. The van der Waals surface area contributed by atoms with Gasteiger partial charge in [-0.15, -0.1) is 0 Å². The van der Waals surface area contributed by atoms with E-state index in [-0.39, 0.29) is 29.4 Å². The molecule has 2 aromatic rings. The van der Waals surface area contributed by atoms with Gasteiger partial charge in [0.1, 0.15) is 12.4 Å². The van der Waals surface area contributed by atoms with E-state index >= 15 is 0 Å². The van der Waals surface area contributed by atoms with Gasteiger partial charge in [0.15, 0.2) is 23.0 Å². The molecule has 0 bridgehead atoms. The van der Waals surface area contributed by atoms with Gasteiger partial charge in [0.25, 0.3) is 0 Å². The van der Waals surface area contributed by atoms with Gasteiger partial charge in [-0.3, -0.25) is 0 Å². The first-order chi connectivity index (χ1) is 11.9. The quantitative estimate of drug-likeness (QED) is 0.274. The van der Waals surface area contributed by atoms with Crippen molar-refractivity contribution in [3.8, 4) is 23.0 Å². The molecule has 4 N–H and O–H groups in total. The van der Waals surface area contributed by atoms with Gasteiger partial charge in [-0.1, -0.05) is 12.1 Å². The number of ether oxygens (including phenoxy) is 1. The predicted octanol–water partition coefficient (Wildman–Crippen LogP) is 2.40. The van der Waals surface area contributed by atoms with Crippen LogP contribution in [0.4, 0.5) is 0 Å². The molecule has 0 aliphatic rings. The molecule has 25 heavy (non-hydrogen) atoms. The summed E-state index contributed by atoms with van der Waals surface area (Å²) in [5.41, 5.74) is 0.813. The molecule has 0 aromatic heterocycles. The fourth-order valence-corrected chi connectivity index (χ4v) is 2.07. The zero-order valence-electron chi connectivity index (χ0n) is 13.0. The maximum atomic E-state index is 11.9. The van der Waals surface area contributed by atoms with Crippen LogP contribution in [0.5, 0.6) is 23.0 Å². The number of rotatable bonds is 6. The number of carbonyl (C=O) groups excluding carboxylic acids is 2. The Labute approximate surface area is 143 Å². The standard InChI is InChI=1S/C18H16O7/c19-8-7-17(12-3-5-14(21)16(23)10-12)25-18(24)6-2-11-1-4-13(20)15(22)9-11/h1-6,8-10,17,20-23H,7H2/b6-2+. The molecule has 7 heteroatoms. The Balaban J connectivity index is 2.11. The number of carbonyl (C=O) groups is 2. The molecule has 1 unspecified atom stereocenters. The molecule has 0 heterocycles. The van der Waals surface area contributed by atoms with E-state index in [0.717, 1.165) is 6.08 Å². The Hall–Kier alpha value is -3.48. The maximum absolute atomic E-state index is 11.9. The topological polar surface area (TPSA) is 124 Å². The van der Waals surface area contributed by atoms with E-state index in [2.05, 4.69) is 0 Å². The van der Waals surface area contributed by atoms with E-state index in [0.29, 0.717) is 17.4 Å². The van der Waals surface area contributed by atoms with Crippen LogP contribution in [0, 0.1) is 0 Å². The maximum Gasteiger partial charge on any atom is 0.331 e. The summed E-state index contributed by atoms with van der Waals surface area (Å²) >= 11 is 0. The molecule has 1 atom stereocenters. The Morgan fingerprint density at radius 1 is 0.960 bits per heavy atom. The number of hydrogen-bond acceptors (Lipinski definition) is 7. The van der Waals surface area contributed by atoms with E-state index in [9.17, 15) is 30.0 Å². The lowest BCUT2D eigenvalue weighted by atomic mass is 10.1. The smallest absolute Gasteiger partial charge is 0.331 e. The fraction of sp³-hybridized carbons (Fsp3) is 0.111. The second-order valence-electron chi connectivity index (χ2n) is 5.16. The van der Waals surface area contributed by atoms with Crippen LogP contribution in [0.2, 0.25) is 0 Å². The zero-order valence-corrected chi connectivity index (χ0v) is 13.0. The van der Waals surface area contributed by atoms with Crippen molar-refractivity contribution in [2.45, 2.75) is 12.5 Å². The summed E-state index contributed by atoms with van der Waals surface area (Å²) in [6.45, 7) is 0. The Morgan fingerprint density at radius 2 is 1.60 bits per heavy atom. The summed E-state index contributed by atoms with van der Waals surface area (Å²) in [5.74, 6) is -2.06. The third-order valence-corrected chi connectivity index (χ3v) is 3.35.